The number of halogens is 1. The second kappa shape index (κ2) is 3.52. The molecule has 0 spiro atoms. The zero-order valence-corrected chi connectivity index (χ0v) is 7.34. The van der Waals surface area contributed by atoms with Crippen LogP contribution in [0.5, 0.6) is 0 Å². The number of nitrogens with two attached hydrogens (primary N) is 1. The molecule has 0 aliphatic rings. The molecule has 0 aromatic carbocycles. The lowest BCUT2D eigenvalue weighted by atomic mass is 9.99. The van der Waals surface area contributed by atoms with Crippen LogP contribution in [0, 0.1) is 5.82 Å². The first-order chi connectivity index (χ1) is 5.65. The molecule has 0 amide bonds. The van der Waals surface area contributed by atoms with E-state index in [0.717, 1.165) is 18.2 Å². The fourth-order valence-electron chi connectivity index (χ4n) is 1.08. The number of nitrogen functional groups attached to an aromatic ring is 1. The average molecular weight is 168 g/mol. The van der Waals surface area contributed by atoms with Crippen LogP contribution in [0.15, 0.2) is 12.3 Å². The number of anilines is 1. The molecule has 0 saturated heterocycles. The van der Waals surface area contributed by atoms with Crippen molar-refractivity contribution in [1.82, 2.24) is 4.98 Å². The number of pyridine rings is 1. The van der Waals surface area contributed by atoms with Crippen LogP contribution in [0.25, 0.3) is 0 Å². The maximum atomic E-state index is 12.7. The first kappa shape index (κ1) is 8.97. The van der Waals surface area contributed by atoms with E-state index in [1.54, 1.807) is 0 Å². The molecular formula is C9H13FN2. The Balaban J connectivity index is 3.04. The summed E-state index contributed by atoms with van der Waals surface area (Å²) in [6.07, 6.45) is 2.08. The van der Waals surface area contributed by atoms with Gasteiger partial charge in [0.05, 0.1) is 6.20 Å². The Morgan fingerprint density at radius 1 is 1.67 bits per heavy atom. The second-order valence-electron chi connectivity index (χ2n) is 2.94. The molecule has 0 bridgehead atoms. The molecule has 1 unspecified atom stereocenters. The van der Waals surface area contributed by atoms with E-state index in [2.05, 4.69) is 4.98 Å². The number of hydrogen-bond donors (Lipinski definition) is 1. The first-order valence-electron chi connectivity index (χ1n) is 4.06. The van der Waals surface area contributed by atoms with Gasteiger partial charge in [-0.25, -0.2) is 9.37 Å². The van der Waals surface area contributed by atoms with E-state index in [1.165, 1.54) is 6.07 Å². The highest BCUT2D eigenvalue weighted by Crippen LogP contribution is 2.23. The zero-order valence-electron chi connectivity index (χ0n) is 7.34. The van der Waals surface area contributed by atoms with E-state index >= 15 is 0 Å². The smallest absolute Gasteiger partial charge is 0.141 e. The molecule has 12 heavy (non-hydrogen) atoms. The van der Waals surface area contributed by atoms with E-state index in [9.17, 15) is 4.39 Å². The summed E-state index contributed by atoms with van der Waals surface area (Å²) in [5, 5.41) is 0. The Labute approximate surface area is 71.6 Å². The average Bonchev–Trinajstić information content (AvgIpc) is 2.08. The number of nitrogens with zero attached hydrogens (tertiary/aromatic N) is 1. The molecule has 1 aromatic rings. The van der Waals surface area contributed by atoms with Crippen molar-refractivity contribution in [3.05, 3.63) is 23.6 Å². The van der Waals surface area contributed by atoms with E-state index in [4.69, 9.17) is 5.73 Å². The minimum Gasteiger partial charge on any atom is -0.383 e. The molecule has 0 radical (unpaired) electrons. The van der Waals surface area contributed by atoms with Gasteiger partial charge in [0.25, 0.3) is 0 Å². The highest BCUT2D eigenvalue weighted by molar-refractivity contribution is 5.41. The largest absolute Gasteiger partial charge is 0.383 e. The predicted octanol–water partition coefficient (Wildman–Crippen LogP) is 2.32. The zero-order chi connectivity index (χ0) is 9.14. The molecule has 2 N–H and O–H groups in total. The topological polar surface area (TPSA) is 38.9 Å². The third-order valence-electron chi connectivity index (χ3n) is 2.06. The van der Waals surface area contributed by atoms with Crippen LogP contribution < -0.4 is 5.73 Å². The van der Waals surface area contributed by atoms with Crippen LogP contribution in [-0.2, 0) is 0 Å². The van der Waals surface area contributed by atoms with Gasteiger partial charge in [0.2, 0.25) is 0 Å². The molecule has 1 atom stereocenters. The highest BCUT2D eigenvalue weighted by Gasteiger charge is 2.08. The quantitative estimate of drug-likeness (QED) is 0.736. The second-order valence-corrected chi connectivity index (χ2v) is 2.94. The molecule has 0 aliphatic carbocycles. The normalized spacial score (nSPS) is 12.9. The fraction of sp³-hybridized carbons (Fsp3) is 0.444. The first-order valence-corrected chi connectivity index (χ1v) is 4.06. The summed E-state index contributed by atoms with van der Waals surface area (Å²) in [7, 11) is 0. The molecule has 1 rings (SSSR count). The van der Waals surface area contributed by atoms with Gasteiger partial charge in [0.1, 0.15) is 11.6 Å². The molecule has 0 saturated carbocycles. The molecule has 1 aromatic heterocycles. The summed E-state index contributed by atoms with van der Waals surface area (Å²) < 4.78 is 12.7. The monoisotopic (exact) mass is 168 g/mol. The summed E-state index contributed by atoms with van der Waals surface area (Å²) in [6.45, 7) is 4.04. The van der Waals surface area contributed by atoms with E-state index < -0.39 is 0 Å². The minimum atomic E-state index is -0.320. The molecular weight excluding hydrogens is 155 g/mol. The standard InChI is InChI=1S/C9H13FN2/c1-3-6(2)8-4-7(10)5-12-9(8)11/h4-6H,3H2,1-2H3,(H2,11,12). The van der Waals surface area contributed by atoms with E-state index in [1.807, 2.05) is 13.8 Å². The molecule has 2 nitrogen and oxygen atoms in total. The lowest BCUT2D eigenvalue weighted by molar-refractivity contribution is 0.613. The van der Waals surface area contributed by atoms with Crippen molar-refractivity contribution in [1.29, 1.82) is 0 Å². The van der Waals surface area contributed by atoms with Crippen molar-refractivity contribution in [3.63, 3.8) is 0 Å². The lowest BCUT2D eigenvalue weighted by Crippen LogP contribution is -2.01. The third kappa shape index (κ3) is 1.72. The fourth-order valence-corrected chi connectivity index (χ4v) is 1.08. The van der Waals surface area contributed by atoms with Crippen LogP contribution in [0.3, 0.4) is 0 Å². The number of aromatic nitrogens is 1. The number of hydrogen-bond acceptors (Lipinski definition) is 2. The Hall–Kier alpha value is -1.12. The van der Waals surface area contributed by atoms with Gasteiger partial charge in [0.15, 0.2) is 0 Å². The van der Waals surface area contributed by atoms with Crippen molar-refractivity contribution in [2.24, 2.45) is 0 Å². The van der Waals surface area contributed by atoms with Crippen molar-refractivity contribution in [2.75, 3.05) is 5.73 Å². The summed E-state index contributed by atoms with van der Waals surface area (Å²) >= 11 is 0. The maximum Gasteiger partial charge on any atom is 0.141 e. The van der Waals surface area contributed by atoms with Gasteiger partial charge in [-0.2, -0.15) is 0 Å². The SMILES string of the molecule is CCC(C)c1cc(F)cnc1N. The van der Waals surface area contributed by atoms with Crippen molar-refractivity contribution < 1.29 is 4.39 Å². The van der Waals surface area contributed by atoms with Crippen LogP contribution in [0.1, 0.15) is 31.7 Å². The molecule has 0 fully saturated rings. The van der Waals surface area contributed by atoms with E-state index in [0.29, 0.717) is 5.82 Å². The molecule has 3 heteroatoms. The van der Waals surface area contributed by atoms with Crippen molar-refractivity contribution in [3.8, 4) is 0 Å². The van der Waals surface area contributed by atoms with Gasteiger partial charge >= 0.3 is 0 Å². The van der Waals surface area contributed by atoms with Crippen LogP contribution >= 0.6 is 0 Å². The number of rotatable bonds is 2. The Morgan fingerprint density at radius 3 is 2.92 bits per heavy atom. The molecule has 66 valence electrons. The van der Waals surface area contributed by atoms with Crippen LogP contribution in [0.4, 0.5) is 10.2 Å². The van der Waals surface area contributed by atoms with Gasteiger partial charge in [-0.05, 0) is 24.0 Å². The minimum absolute atomic E-state index is 0.271. The van der Waals surface area contributed by atoms with E-state index in [-0.39, 0.29) is 11.7 Å². The Kier molecular flexibility index (Phi) is 2.63. The third-order valence-corrected chi connectivity index (χ3v) is 2.06. The van der Waals surface area contributed by atoms with Gasteiger partial charge < -0.3 is 5.73 Å². The molecule has 1 heterocycles. The summed E-state index contributed by atoms with van der Waals surface area (Å²) in [6, 6.07) is 1.45. The van der Waals surface area contributed by atoms with Gasteiger partial charge in [-0.15, -0.1) is 0 Å². The van der Waals surface area contributed by atoms with Gasteiger partial charge in [-0.1, -0.05) is 13.8 Å². The van der Waals surface area contributed by atoms with Crippen molar-refractivity contribution >= 4 is 5.82 Å². The molecule has 0 aliphatic heterocycles. The summed E-state index contributed by atoms with van der Waals surface area (Å²) in [5.74, 6) is 0.387. The summed E-state index contributed by atoms with van der Waals surface area (Å²) in [4.78, 5) is 3.75. The van der Waals surface area contributed by atoms with Gasteiger partial charge in [0, 0.05) is 0 Å². The van der Waals surface area contributed by atoms with Gasteiger partial charge in [-0.3, -0.25) is 0 Å². The van der Waals surface area contributed by atoms with Crippen LogP contribution in [0.2, 0.25) is 0 Å². The maximum absolute atomic E-state index is 12.7. The van der Waals surface area contributed by atoms with Crippen LogP contribution in [-0.4, -0.2) is 4.98 Å². The van der Waals surface area contributed by atoms with Crippen molar-refractivity contribution in [2.45, 2.75) is 26.2 Å². The Bertz CT molecular complexity index is 273. The predicted molar refractivity (Wildman–Crippen MR) is 47.3 cm³/mol. The highest BCUT2D eigenvalue weighted by atomic mass is 19.1. The summed E-state index contributed by atoms with van der Waals surface area (Å²) in [5.41, 5.74) is 6.39. The lowest BCUT2D eigenvalue weighted by Gasteiger charge is -2.10. The Morgan fingerprint density at radius 2 is 2.33 bits per heavy atom.